The lowest BCUT2D eigenvalue weighted by atomic mass is 10.1. The van der Waals surface area contributed by atoms with Gasteiger partial charge in [-0.2, -0.15) is 0 Å². The predicted octanol–water partition coefficient (Wildman–Crippen LogP) is 10.2. The third-order valence-electron chi connectivity index (χ3n) is 6.40. The summed E-state index contributed by atoms with van der Waals surface area (Å²) >= 11 is 8.11. The summed E-state index contributed by atoms with van der Waals surface area (Å²) in [5.74, 6) is 0.390. The van der Waals surface area contributed by atoms with Crippen LogP contribution in [0.4, 0.5) is 15.8 Å². The zero-order chi connectivity index (χ0) is 29.6. The van der Waals surface area contributed by atoms with Crippen LogP contribution in [0.25, 0.3) is 22.3 Å². The van der Waals surface area contributed by atoms with E-state index in [-0.39, 0.29) is 5.56 Å². The molecule has 1 amide bonds. The molecule has 0 spiro atoms. The predicted molar refractivity (Wildman–Crippen MR) is 175 cm³/mol. The number of nitrogens with one attached hydrogen (secondary N) is 1. The van der Waals surface area contributed by atoms with Gasteiger partial charge in [0.1, 0.15) is 5.82 Å². The van der Waals surface area contributed by atoms with E-state index in [1.807, 2.05) is 38.1 Å². The van der Waals surface area contributed by atoms with Crippen LogP contribution < -0.4 is 9.62 Å². The molecule has 218 valence electrons. The summed E-state index contributed by atoms with van der Waals surface area (Å²) in [4.78, 5) is 21.9. The second-order valence-corrected chi connectivity index (χ2v) is 10.9. The lowest BCUT2D eigenvalue weighted by Crippen LogP contribution is -2.17. The number of aromatic nitrogens is 2. The number of carbonyl (C=O) groups excluding carboxylic acids is 1. The van der Waals surface area contributed by atoms with Crippen LogP contribution in [-0.4, -0.2) is 28.2 Å². The lowest BCUT2D eigenvalue weighted by Gasteiger charge is -2.21. The Balaban J connectivity index is 0.000000598. The molecule has 5 rings (SSSR count). The summed E-state index contributed by atoms with van der Waals surface area (Å²) in [5, 5.41) is 4.15. The summed E-state index contributed by atoms with van der Waals surface area (Å²) in [6.07, 6.45) is 9.24. The third kappa shape index (κ3) is 9.17. The Bertz CT molecular complexity index is 1410. The molecule has 1 aromatic heterocycles. The van der Waals surface area contributed by atoms with Crippen LogP contribution in [-0.2, 0) is 0 Å². The zero-order valence-electron chi connectivity index (χ0n) is 24.4. The van der Waals surface area contributed by atoms with E-state index in [1.54, 1.807) is 42.4 Å². The first-order valence-electron chi connectivity index (χ1n) is 14.5. The van der Waals surface area contributed by atoms with Gasteiger partial charge in [-0.25, -0.2) is 14.4 Å². The molecular weight excluding hydrogens is 555 g/mol. The molecular formula is C33H40ClFN4OS. The van der Waals surface area contributed by atoms with Gasteiger partial charge in [0.15, 0.2) is 5.82 Å². The molecule has 0 aliphatic carbocycles. The summed E-state index contributed by atoms with van der Waals surface area (Å²) in [5.41, 5.74) is 2.62. The highest BCUT2D eigenvalue weighted by Gasteiger charge is 2.17. The largest absolute Gasteiger partial charge is 0.322 e. The average molecular weight is 595 g/mol. The highest BCUT2D eigenvalue weighted by atomic mass is 35.5. The van der Waals surface area contributed by atoms with Crippen molar-refractivity contribution in [3.63, 3.8) is 0 Å². The van der Waals surface area contributed by atoms with E-state index in [1.165, 1.54) is 37.8 Å². The van der Waals surface area contributed by atoms with Crippen molar-refractivity contribution in [2.75, 3.05) is 21.9 Å². The van der Waals surface area contributed by atoms with Crippen LogP contribution in [0.3, 0.4) is 0 Å². The smallest absolute Gasteiger partial charge is 0.258 e. The summed E-state index contributed by atoms with van der Waals surface area (Å²) in [6.45, 7) is 9.30. The number of fused-ring (bicyclic) bond motifs is 1. The summed E-state index contributed by atoms with van der Waals surface area (Å²) in [6, 6.07) is 17.5. The van der Waals surface area contributed by atoms with Crippen molar-refractivity contribution in [2.24, 2.45) is 0 Å². The molecule has 1 fully saturated rings. The van der Waals surface area contributed by atoms with Crippen LogP contribution in [0.15, 0.2) is 66.9 Å². The number of hydrogen-bond donors (Lipinski definition) is 1. The van der Waals surface area contributed by atoms with Crippen LogP contribution in [0.5, 0.6) is 0 Å². The summed E-state index contributed by atoms with van der Waals surface area (Å²) in [7, 11) is 0. The van der Waals surface area contributed by atoms with Crippen molar-refractivity contribution >= 4 is 51.7 Å². The zero-order valence-corrected chi connectivity index (χ0v) is 26.0. The van der Waals surface area contributed by atoms with Gasteiger partial charge in [0.05, 0.1) is 16.1 Å². The first-order chi connectivity index (χ1) is 20.0. The van der Waals surface area contributed by atoms with Gasteiger partial charge in [0.2, 0.25) is 0 Å². The third-order valence-corrected chi connectivity index (χ3v) is 7.91. The van der Waals surface area contributed by atoms with E-state index in [9.17, 15) is 9.18 Å². The van der Waals surface area contributed by atoms with Crippen LogP contribution in [0.2, 0.25) is 5.02 Å². The standard InChI is InChI=1S/C26H22ClFN4OS.C5H12.C2H6/c27-22-11-8-18(14-21(22)25-29-16-17-6-2-3-7-24(17)31-25)30-26(33)20-10-9-19(15-23(20)28)32-12-4-1-5-13-34-32;1-3-5-4-2;1-2/h2-3,6-11,14-16H,1,4-5,12-13H2,(H,30,33);3-5H2,1-2H3;1-2H3. The van der Waals surface area contributed by atoms with Gasteiger partial charge in [0.25, 0.3) is 5.91 Å². The molecule has 1 aliphatic heterocycles. The van der Waals surface area contributed by atoms with E-state index < -0.39 is 11.7 Å². The van der Waals surface area contributed by atoms with Crippen LogP contribution in [0.1, 0.15) is 76.6 Å². The van der Waals surface area contributed by atoms with Crippen molar-refractivity contribution in [1.82, 2.24) is 9.97 Å². The molecule has 2 heterocycles. The number of halogens is 2. The molecule has 0 atom stereocenters. The van der Waals surface area contributed by atoms with Gasteiger partial charge < -0.3 is 9.62 Å². The molecule has 0 radical (unpaired) electrons. The normalized spacial score (nSPS) is 12.9. The fraction of sp³-hybridized carbons (Fsp3) is 0.364. The van der Waals surface area contributed by atoms with Crippen LogP contribution in [0, 0.1) is 5.82 Å². The van der Waals surface area contributed by atoms with Gasteiger partial charge in [-0.05, 0) is 67.3 Å². The average Bonchev–Trinajstić information content (AvgIpc) is 3.29. The molecule has 1 N–H and O–H groups in total. The Labute approximate surface area is 253 Å². The van der Waals surface area contributed by atoms with Gasteiger partial charge >= 0.3 is 0 Å². The Morgan fingerprint density at radius 2 is 1.80 bits per heavy atom. The highest BCUT2D eigenvalue weighted by Crippen LogP contribution is 2.31. The van der Waals surface area contributed by atoms with E-state index in [4.69, 9.17) is 11.6 Å². The van der Waals surface area contributed by atoms with Crippen molar-refractivity contribution in [3.8, 4) is 11.4 Å². The van der Waals surface area contributed by atoms with Crippen molar-refractivity contribution in [2.45, 2.75) is 66.2 Å². The van der Waals surface area contributed by atoms with Gasteiger partial charge in [-0.1, -0.05) is 83.2 Å². The highest BCUT2D eigenvalue weighted by molar-refractivity contribution is 8.00. The SMILES string of the molecule is CC.CCCCC.O=C(Nc1ccc(Cl)c(-c2ncc3ccccc3n2)c1)c1ccc(N2CCCCCS2)cc1F. The monoisotopic (exact) mass is 594 g/mol. The molecule has 0 bridgehead atoms. The minimum Gasteiger partial charge on any atom is -0.322 e. The van der Waals surface area contributed by atoms with Crippen molar-refractivity contribution in [1.29, 1.82) is 0 Å². The minimum absolute atomic E-state index is 0.0120. The van der Waals surface area contributed by atoms with Gasteiger partial charge in [0, 0.05) is 40.8 Å². The molecule has 3 aromatic carbocycles. The Kier molecular flexibility index (Phi) is 13.4. The first kappa shape index (κ1) is 32.4. The Morgan fingerprint density at radius 1 is 1.02 bits per heavy atom. The second kappa shape index (κ2) is 16.9. The second-order valence-electron chi connectivity index (χ2n) is 9.41. The number of hydrogen-bond acceptors (Lipinski definition) is 5. The number of anilines is 2. The quantitative estimate of drug-likeness (QED) is 0.225. The maximum atomic E-state index is 14.9. The van der Waals surface area contributed by atoms with Crippen LogP contribution >= 0.6 is 23.5 Å². The number of benzene rings is 3. The Morgan fingerprint density at radius 3 is 2.54 bits per heavy atom. The number of amides is 1. The molecule has 1 aliphatic rings. The molecule has 0 unspecified atom stereocenters. The van der Waals surface area contributed by atoms with E-state index >= 15 is 0 Å². The van der Waals surface area contributed by atoms with Gasteiger partial charge in [-0.3, -0.25) is 4.79 Å². The van der Waals surface area contributed by atoms with E-state index in [0.717, 1.165) is 41.7 Å². The number of unbranched alkanes of at least 4 members (excludes halogenated alkanes) is 2. The molecule has 1 saturated heterocycles. The fourth-order valence-electron chi connectivity index (χ4n) is 4.25. The lowest BCUT2D eigenvalue weighted by molar-refractivity contribution is 0.102. The molecule has 4 aromatic rings. The van der Waals surface area contributed by atoms with E-state index in [2.05, 4.69) is 33.4 Å². The van der Waals surface area contributed by atoms with Crippen molar-refractivity contribution < 1.29 is 9.18 Å². The van der Waals surface area contributed by atoms with Crippen molar-refractivity contribution in [3.05, 3.63) is 83.3 Å². The number of para-hydroxylation sites is 1. The maximum absolute atomic E-state index is 14.9. The minimum atomic E-state index is -0.549. The number of nitrogens with zero attached hydrogens (tertiary/aromatic N) is 3. The number of rotatable bonds is 6. The first-order valence-corrected chi connectivity index (χ1v) is 15.8. The fourth-order valence-corrected chi connectivity index (χ4v) is 5.53. The number of carbonyl (C=O) groups is 1. The van der Waals surface area contributed by atoms with E-state index in [0.29, 0.717) is 22.1 Å². The Hall–Kier alpha value is -3.16. The molecule has 41 heavy (non-hydrogen) atoms. The maximum Gasteiger partial charge on any atom is 0.258 e. The molecule has 8 heteroatoms. The van der Waals surface area contributed by atoms with Gasteiger partial charge in [-0.15, -0.1) is 0 Å². The molecule has 5 nitrogen and oxygen atoms in total. The molecule has 0 saturated carbocycles. The topological polar surface area (TPSA) is 58.1 Å². The summed E-state index contributed by atoms with van der Waals surface area (Å²) < 4.78 is 17.0.